The van der Waals surface area contributed by atoms with Crippen LogP contribution in [0, 0.1) is 6.57 Å². The lowest BCUT2D eigenvalue weighted by Crippen LogP contribution is -1.96. The molecule has 3 nitrogen and oxygen atoms in total. The van der Waals surface area contributed by atoms with Crippen molar-refractivity contribution < 1.29 is 9.90 Å². The van der Waals surface area contributed by atoms with Crippen LogP contribution in [0.5, 0.6) is 0 Å². The Bertz CT molecular complexity index is 413. The first-order valence-electron chi connectivity index (χ1n) is 4.04. The smallest absolute Gasteiger partial charge is 0.270 e. The van der Waals surface area contributed by atoms with Crippen molar-refractivity contribution in [2.75, 3.05) is 0 Å². The van der Waals surface area contributed by atoms with Gasteiger partial charge in [-0.1, -0.05) is 30.3 Å². The first kappa shape index (κ1) is 10.0. The highest BCUT2D eigenvalue weighted by Crippen LogP contribution is 2.16. The van der Waals surface area contributed by atoms with Gasteiger partial charge < -0.3 is 9.90 Å². The second-order valence-electron chi connectivity index (χ2n) is 2.73. The summed E-state index contributed by atoms with van der Waals surface area (Å²) in [4.78, 5) is 14.0. The van der Waals surface area contributed by atoms with E-state index in [2.05, 4.69) is 4.85 Å². The summed E-state index contributed by atoms with van der Waals surface area (Å²) in [6, 6.07) is 8.54. The fourth-order valence-electron chi connectivity index (χ4n) is 1.03. The van der Waals surface area contributed by atoms with Crippen molar-refractivity contribution in [2.24, 2.45) is 0 Å². The lowest BCUT2D eigenvalue weighted by Gasteiger charge is -2.01. The van der Waals surface area contributed by atoms with Gasteiger partial charge in [-0.2, -0.15) is 0 Å². The molecule has 0 fully saturated rings. The monoisotopic (exact) mass is 187 g/mol. The van der Waals surface area contributed by atoms with E-state index in [1.54, 1.807) is 30.3 Å². The van der Waals surface area contributed by atoms with Crippen LogP contribution in [0.4, 0.5) is 0 Å². The number of carbonyl (C=O) groups is 1. The number of allylic oxidation sites excluding steroid dienone is 1. The van der Waals surface area contributed by atoms with E-state index in [-0.39, 0.29) is 11.5 Å². The molecule has 0 saturated carbocycles. The maximum absolute atomic E-state index is 11.0. The molecule has 0 unspecified atom stereocenters. The molecule has 0 heterocycles. The van der Waals surface area contributed by atoms with Gasteiger partial charge in [0, 0.05) is 5.56 Å². The number of Topliss-reactive ketones (excluding diaryl/α,β-unsaturated/α-hetero) is 1. The number of ketones is 1. The van der Waals surface area contributed by atoms with Crippen molar-refractivity contribution in [3.63, 3.8) is 0 Å². The topological polar surface area (TPSA) is 41.7 Å². The van der Waals surface area contributed by atoms with Gasteiger partial charge in [0.1, 0.15) is 5.76 Å². The molecular weight excluding hydrogens is 178 g/mol. The van der Waals surface area contributed by atoms with Crippen LogP contribution in [0.25, 0.3) is 10.6 Å². The summed E-state index contributed by atoms with van der Waals surface area (Å²) in [7, 11) is 0. The third-order valence-corrected chi connectivity index (χ3v) is 1.72. The summed E-state index contributed by atoms with van der Waals surface area (Å²) in [5.74, 6) is -0.686. The molecule has 0 amide bonds. The fourth-order valence-corrected chi connectivity index (χ4v) is 1.03. The van der Waals surface area contributed by atoms with Crippen molar-refractivity contribution in [3.8, 4) is 0 Å². The van der Waals surface area contributed by atoms with Gasteiger partial charge in [-0.15, -0.1) is 0 Å². The second kappa shape index (κ2) is 4.24. The number of carbonyl (C=O) groups excluding carboxylic acids is 1. The van der Waals surface area contributed by atoms with Crippen molar-refractivity contribution >= 4 is 11.5 Å². The molecule has 0 aliphatic carbocycles. The van der Waals surface area contributed by atoms with Crippen molar-refractivity contribution in [1.82, 2.24) is 0 Å². The highest BCUT2D eigenvalue weighted by molar-refractivity contribution is 6.01. The number of hydrogen-bond acceptors (Lipinski definition) is 2. The number of benzene rings is 1. The standard InChI is InChI=1S/C11H9NO2/c1-8(13)10(12-2)11(14)9-6-4-3-5-7-9/h3-7,14H,1H3. The number of nitrogens with zero attached hydrogens (tertiary/aromatic N) is 1. The summed E-state index contributed by atoms with van der Waals surface area (Å²) < 4.78 is 0. The minimum absolute atomic E-state index is 0.226. The highest BCUT2D eigenvalue weighted by Gasteiger charge is 2.12. The quantitative estimate of drug-likeness (QED) is 0.439. The molecule has 1 aromatic rings. The maximum Gasteiger partial charge on any atom is 0.270 e. The normalized spacial score (nSPS) is 11.4. The molecule has 0 aromatic heterocycles. The van der Waals surface area contributed by atoms with Gasteiger partial charge in [-0.25, -0.2) is 4.85 Å². The van der Waals surface area contributed by atoms with E-state index < -0.39 is 5.78 Å². The molecule has 3 heteroatoms. The molecule has 70 valence electrons. The molecule has 0 atom stereocenters. The van der Waals surface area contributed by atoms with E-state index in [0.29, 0.717) is 5.56 Å². The molecule has 0 spiro atoms. The van der Waals surface area contributed by atoms with E-state index in [1.165, 1.54) is 6.92 Å². The van der Waals surface area contributed by atoms with Gasteiger partial charge in [-0.05, 0) is 6.92 Å². The zero-order valence-corrected chi connectivity index (χ0v) is 7.69. The Labute approximate surface area is 82.1 Å². The number of aliphatic hydroxyl groups is 1. The first-order chi connectivity index (χ1) is 6.66. The highest BCUT2D eigenvalue weighted by atomic mass is 16.3. The van der Waals surface area contributed by atoms with E-state index in [0.717, 1.165) is 0 Å². The Balaban J connectivity index is 3.23. The summed E-state index contributed by atoms with van der Waals surface area (Å²) >= 11 is 0. The zero-order chi connectivity index (χ0) is 10.6. The number of rotatable bonds is 2. The molecule has 14 heavy (non-hydrogen) atoms. The average Bonchev–Trinajstić information content (AvgIpc) is 2.19. The summed E-state index contributed by atoms with van der Waals surface area (Å²) in [5, 5.41) is 9.60. The summed E-state index contributed by atoms with van der Waals surface area (Å²) in [6.07, 6.45) is 0. The summed E-state index contributed by atoms with van der Waals surface area (Å²) in [6.45, 7) is 8.01. The molecular formula is C11H9NO2. The van der Waals surface area contributed by atoms with Crippen molar-refractivity contribution in [3.05, 3.63) is 53.0 Å². The van der Waals surface area contributed by atoms with Crippen LogP contribution < -0.4 is 0 Å². The molecule has 0 saturated heterocycles. The summed E-state index contributed by atoms with van der Waals surface area (Å²) in [5.41, 5.74) is 0.255. The van der Waals surface area contributed by atoms with Gasteiger partial charge in [0.05, 0.1) is 6.57 Å². The minimum atomic E-state index is -0.429. The number of hydrogen-bond donors (Lipinski definition) is 1. The van der Waals surface area contributed by atoms with E-state index in [9.17, 15) is 9.90 Å². The Kier molecular flexibility index (Phi) is 3.03. The third-order valence-electron chi connectivity index (χ3n) is 1.72. The van der Waals surface area contributed by atoms with E-state index >= 15 is 0 Å². The van der Waals surface area contributed by atoms with Gasteiger partial charge in [-0.3, -0.25) is 0 Å². The Morgan fingerprint density at radius 1 is 1.36 bits per heavy atom. The average molecular weight is 187 g/mol. The van der Waals surface area contributed by atoms with E-state index in [4.69, 9.17) is 6.57 Å². The molecule has 1 aromatic carbocycles. The molecule has 0 aliphatic heterocycles. The minimum Gasteiger partial charge on any atom is -0.518 e. The maximum atomic E-state index is 11.0. The van der Waals surface area contributed by atoms with Crippen molar-refractivity contribution in [2.45, 2.75) is 6.92 Å². The molecule has 0 radical (unpaired) electrons. The van der Waals surface area contributed by atoms with Crippen LogP contribution in [0.1, 0.15) is 12.5 Å². The molecule has 1 N–H and O–H groups in total. The molecule has 0 aliphatic rings. The Morgan fingerprint density at radius 2 is 1.93 bits per heavy atom. The lowest BCUT2D eigenvalue weighted by atomic mass is 10.1. The Hall–Kier alpha value is -2.08. The van der Waals surface area contributed by atoms with Crippen LogP contribution >= 0.6 is 0 Å². The van der Waals surface area contributed by atoms with E-state index in [1.807, 2.05) is 0 Å². The molecule has 1 rings (SSSR count). The fraction of sp³-hybridized carbons (Fsp3) is 0.0909. The van der Waals surface area contributed by atoms with Crippen LogP contribution in [0.2, 0.25) is 0 Å². The van der Waals surface area contributed by atoms with Crippen molar-refractivity contribution in [1.29, 1.82) is 0 Å². The van der Waals surface area contributed by atoms with Gasteiger partial charge in [0.15, 0.2) is 5.78 Å². The van der Waals surface area contributed by atoms with Crippen LogP contribution in [-0.4, -0.2) is 10.9 Å². The first-order valence-corrected chi connectivity index (χ1v) is 4.04. The Morgan fingerprint density at radius 3 is 2.36 bits per heavy atom. The predicted molar refractivity (Wildman–Crippen MR) is 53.3 cm³/mol. The van der Waals surface area contributed by atoms with Gasteiger partial charge in [0.25, 0.3) is 5.70 Å². The van der Waals surface area contributed by atoms with Gasteiger partial charge in [0.2, 0.25) is 0 Å². The SMILES string of the molecule is [C-]#[N+]C(C(C)=O)=C(O)c1ccccc1. The van der Waals surface area contributed by atoms with Crippen LogP contribution in [0.3, 0.4) is 0 Å². The second-order valence-corrected chi connectivity index (χ2v) is 2.73. The largest absolute Gasteiger partial charge is 0.518 e. The number of aliphatic hydroxyl groups excluding tert-OH is 1. The third kappa shape index (κ3) is 1.99. The van der Waals surface area contributed by atoms with Crippen LogP contribution in [0.15, 0.2) is 36.0 Å². The van der Waals surface area contributed by atoms with Gasteiger partial charge >= 0.3 is 0 Å². The van der Waals surface area contributed by atoms with Crippen LogP contribution in [-0.2, 0) is 4.79 Å². The predicted octanol–water partition coefficient (Wildman–Crippen LogP) is 2.42. The molecule has 0 bridgehead atoms. The zero-order valence-electron chi connectivity index (χ0n) is 7.69. The lowest BCUT2D eigenvalue weighted by molar-refractivity contribution is -0.113.